The van der Waals surface area contributed by atoms with Crippen LogP contribution in [0.4, 0.5) is 44.6 Å². The summed E-state index contributed by atoms with van der Waals surface area (Å²) in [6, 6.07) is 14.7. The second-order valence-corrected chi connectivity index (χ2v) is 22.7. The quantitative estimate of drug-likeness (QED) is 0.0306. The summed E-state index contributed by atoms with van der Waals surface area (Å²) in [7, 11) is -2.93. The van der Waals surface area contributed by atoms with Crippen molar-refractivity contribution in [1.82, 2.24) is 30.9 Å². The fraction of sp³-hybridized carbons (Fsp3) is 0.460. The van der Waals surface area contributed by atoms with Crippen LogP contribution in [0, 0.1) is 11.7 Å². The van der Waals surface area contributed by atoms with Crippen molar-refractivity contribution in [1.29, 1.82) is 0 Å². The number of fused-ring (bicyclic) bond motifs is 2. The van der Waals surface area contributed by atoms with Gasteiger partial charge in [-0.2, -0.15) is 4.98 Å². The third-order valence-corrected chi connectivity index (χ3v) is 15.7. The van der Waals surface area contributed by atoms with E-state index in [1.807, 2.05) is 38.1 Å². The highest BCUT2D eigenvalue weighted by molar-refractivity contribution is 9.10. The minimum absolute atomic E-state index is 0.198. The minimum Gasteiger partial charge on any atom is -0.492 e. The molecule has 2 atom stereocenters. The molecule has 3 saturated heterocycles. The molecule has 372 valence electrons. The Kier molecular flexibility index (Phi) is 14.8. The van der Waals surface area contributed by atoms with Gasteiger partial charge in [0.05, 0.1) is 33.8 Å². The average Bonchev–Trinajstić information content (AvgIpc) is 3.66. The van der Waals surface area contributed by atoms with Crippen molar-refractivity contribution in [2.75, 3.05) is 91.1 Å². The van der Waals surface area contributed by atoms with E-state index in [1.165, 1.54) is 11.6 Å². The molecule has 0 saturated carbocycles. The van der Waals surface area contributed by atoms with E-state index < -0.39 is 31.3 Å². The van der Waals surface area contributed by atoms with Gasteiger partial charge in [-0.05, 0) is 98.1 Å². The predicted molar refractivity (Wildman–Crippen MR) is 277 cm³/mol. The number of aryl methyl sites for hydroxylation is 2. The van der Waals surface area contributed by atoms with Crippen LogP contribution in [0.3, 0.4) is 0 Å². The lowest BCUT2D eigenvalue weighted by atomic mass is 9.98. The van der Waals surface area contributed by atoms with Crippen molar-refractivity contribution in [3.05, 3.63) is 76.3 Å². The Hall–Kier alpha value is -5.59. The molecule has 3 aromatic carbocycles. The maximum atomic E-state index is 15.6. The average molecular weight is 1040 g/mol. The van der Waals surface area contributed by atoms with Crippen LogP contribution in [-0.2, 0) is 27.0 Å². The third kappa shape index (κ3) is 10.4. The molecular weight excluding hydrogens is 980 g/mol. The van der Waals surface area contributed by atoms with Gasteiger partial charge >= 0.3 is 0 Å². The van der Waals surface area contributed by atoms with Crippen molar-refractivity contribution >= 4 is 91.3 Å². The number of imide groups is 1. The van der Waals surface area contributed by atoms with Gasteiger partial charge in [0, 0.05) is 105 Å². The number of nitrogens with one attached hydrogen (secondary N) is 5. The Morgan fingerprint density at radius 2 is 1.73 bits per heavy atom. The lowest BCUT2D eigenvalue weighted by Gasteiger charge is -2.41. The number of nitrogens with zero attached hydrogens (tertiary/aromatic N) is 6. The number of carbonyl (C=O) groups is 2. The van der Waals surface area contributed by atoms with E-state index in [-0.39, 0.29) is 17.8 Å². The molecule has 4 aliphatic rings. The maximum Gasteiger partial charge on any atom is 0.282 e. The van der Waals surface area contributed by atoms with Crippen LogP contribution >= 0.6 is 23.1 Å². The monoisotopic (exact) mass is 1040 g/mol. The number of aromatic nitrogens is 3. The van der Waals surface area contributed by atoms with Crippen LogP contribution in [-0.4, -0.2) is 116 Å². The number of hydrogen-bond acceptors (Lipinski definition) is 16. The highest BCUT2D eigenvalue weighted by atomic mass is 79.9. The number of aliphatic hydroxyl groups is 1. The molecule has 9 rings (SSSR count). The van der Waals surface area contributed by atoms with E-state index in [4.69, 9.17) is 14.5 Å². The Labute approximate surface area is 416 Å². The molecule has 4 aliphatic heterocycles. The van der Waals surface area contributed by atoms with E-state index >= 15 is 4.39 Å². The number of benzene rings is 3. The number of hydrogen-bond donors (Lipinski definition) is 6. The lowest BCUT2D eigenvalue weighted by molar-refractivity contribution is -0.135. The number of aliphatic hydroxyl groups excluding tert-OH is 1. The Morgan fingerprint density at radius 1 is 0.943 bits per heavy atom. The molecule has 5 aromatic rings. The molecule has 6 heterocycles. The maximum absolute atomic E-state index is 15.6. The van der Waals surface area contributed by atoms with Gasteiger partial charge in [0.1, 0.15) is 30.3 Å². The molecule has 0 spiro atoms. The zero-order chi connectivity index (χ0) is 49.3. The first-order valence-electron chi connectivity index (χ1n) is 24.3. The number of ether oxygens (including phenoxy) is 2. The smallest absolute Gasteiger partial charge is 0.282 e. The highest BCUT2D eigenvalue weighted by Gasteiger charge is 2.43. The van der Waals surface area contributed by atoms with Gasteiger partial charge in [0.2, 0.25) is 17.8 Å². The predicted octanol–water partition coefficient (Wildman–Crippen LogP) is 6.75. The Morgan fingerprint density at radius 3 is 2.46 bits per heavy atom. The number of pyridine rings is 1. The third-order valence-electron chi connectivity index (χ3n) is 13.5. The van der Waals surface area contributed by atoms with Crippen molar-refractivity contribution < 1.29 is 33.1 Å². The molecule has 17 nitrogen and oxygen atoms in total. The summed E-state index contributed by atoms with van der Waals surface area (Å²) >= 11 is 3.56. The molecule has 3 fully saturated rings. The molecule has 0 bridgehead atoms. The molecule has 70 heavy (non-hydrogen) atoms. The number of carbonyl (C=O) groups excluding carboxylic acids is 2. The van der Waals surface area contributed by atoms with E-state index in [9.17, 15) is 19.3 Å². The van der Waals surface area contributed by atoms with Gasteiger partial charge in [-0.25, -0.2) is 14.4 Å². The standard InChI is InChI=1S/C50H62BrFN11O6P/c1-6-30-22-36(58-49-55-26-34(51)47(60-49)57-37-23-35(52)44-33(46(37)70(4,5)67)13-12-31(7-2)56-44)42(68-8-3)24-41(30)61-20-16-32(17-21-61)54-19-18-53-25-29-27-62(28-29)38-10-9-11-39-45(38)69-50(66)63(39)40-14-15-43(64)59-48(40)65/h9-13,22-24,26,29,32,40,50,53-54,66H,6-8,14-21,25,27-28H2,1-5H3,(H,59,64,65)(H2,55,57,58,60). The molecule has 2 unspecified atom stereocenters. The minimum atomic E-state index is -2.93. The van der Waals surface area contributed by atoms with Gasteiger partial charge in [0.15, 0.2) is 11.6 Å². The van der Waals surface area contributed by atoms with Crippen LogP contribution < -0.4 is 56.1 Å². The summed E-state index contributed by atoms with van der Waals surface area (Å²) < 4.78 is 42.0. The van der Waals surface area contributed by atoms with Gasteiger partial charge in [-0.3, -0.25) is 19.8 Å². The summed E-state index contributed by atoms with van der Waals surface area (Å²) in [6.07, 6.45) is 4.35. The first-order valence-corrected chi connectivity index (χ1v) is 27.7. The molecule has 20 heteroatoms. The van der Waals surface area contributed by atoms with Crippen molar-refractivity contribution in [2.45, 2.75) is 77.8 Å². The fourth-order valence-electron chi connectivity index (χ4n) is 10.0. The number of piperidine rings is 2. The van der Waals surface area contributed by atoms with Gasteiger partial charge in [-0.1, -0.05) is 26.0 Å². The van der Waals surface area contributed by atoms with Gasteiger partial charge in [0.25, 0.3) is 6.41 Å². The van der Waals surface area contributed by atoms with E-state index in [2.05, 4.69) is 81.3 Å². The van der Waals surface area contributed by atoms with Crippen molar-refractivity contribution in [2.24, 2.45) is 5.92 Å². The molecule has 6 N–H and O–H groups in total. The summed E-state index contributed by atoms with van der Waals surface area (Å²) in [6.45, 7) is 16.0. The van der Waals surface area contributed by atoms with E-state index in [1.54, 1.807) is 30.5 Å². The molecule has 2 amide bonds. The number of halogens is 2. The number of anilines is 7. The summed E-state index contributed by atoms with van der Waals surface area (Å²) in [5.41, 5.74) is 5.91. The second kappa shape index (κ2) is 21.0. The van der Waals surface area contributed by atoms with Gasteiger partial charge < -0.3 is 50.2 Å². The summed E-state index contributed by atoms with van der Waals surface area (Å²) in [4.78, 5) is 44.4. The second-order valence-electron chi connectivity index (χ2n) is 18.7. The van der Waals surface area contributed by atoms with Crippen LogP contribution in [0.1, 0.15) is 57.7 Å². The number of rotatable bonds is 18. The zero-order valence-corrected chi connectivity index (χ0v) is 42.8. The van der Waals surface area contributed by atoms with Crippen molar-refractivity contribution in [3.63, 3.8) is 0 Å². The Bertz CT molecular complexity index is 2820. The number of para-hydroxylation sites is 1. The lowest BCUT2D eigenvalue weighted by Crippen LogP contribution is -2.55. The molecular formula is C50H62BrFN11O6P. The highest BCUT2D eigenvalue weighted by Crippen LogP contribution is 2.47. The number of amides is 2. The summed E-state index contributed by atoms with van der Waals surface area (Å²) in [5.74, 6) is 1.17. The fourth-order valence-corrected chi connectivity index (χ4v) is 11.8. The molecule has 0 aliphatic carbocycles. The van der Waals surface area contributed by atoms with Gasteiger partial charge in [-0.15, -0.1) is 0 Å². The van der Waals surface area contributed by atoms with Crippen molar-refractivity contribution in [3.8, 4) is 11.5 Å². The van der Waals surface area contributed by atoms with E-state index in [0.29, 0.717) is 81.2 Å². The molecule has 2 aromatic heterocycles. The van der Waals surface area contributed by atoms with Crippen LogP contribution in [0.25, 0.3) is 10.9 Å². The first-order chi connectivity index (χ1) is 33.7. The Balaban J connectivity index is 0.769. The normalized spacial score (nSPS) is 18.7. The largest absolute Gasteiger partial charge is 0.492 e. The van der Waals surface area contributed by atoms with Crippen LogP contribution in [0.5, 0.6) is 11.5 Å². The van der Waals surface area contributed by atoms with Crippen LogP contribution in [0.2, 0.25) is 0 Å². The summed E-state index contributed by atoms with van der Waals surface area (Å²) in [5, 5.41) is 28.2. The topological polar surface area (TPSA) is 198 Å². The SMILES string of the molecule is CCOc1cc(N2CCC(NCCNCC3CN(c4cccc5c4OC(O)N5C4CCC(=O)NC4=O)C3)CC2)c(CC)cc1Nc1ncc(Br)c(Nc2cc(F)c3nc(CC)ccc3c2P(C)(C)=O)n1. The van der Waals surface area contributed by atoms with Crippen LogP contribution in [0.15, 0.2) is 59.2 Å². The van der Waals surface area contributed by atoms with E-state index in [0.717, 1.165) is 87.8 Å². The molecule has 0 radical (unpaired) electrons. The zero-order valence-electron chi connectivity index (χ0n) is 40.3. The first kappa shape index (κ1) is 49.4.